The second-order valence-corrected chi connectivity index (χ2v) is 7.80. The van der Waals surface area contributed by atoms with Crippen LogP contribution in [0.5, 0.6) is 5.75 Å². The third-order valence-electron chi connectivity index (χ3n) is 5.22. The fraction of sp³-hybridized carbons (Fsp3) is 0.0714. The summed E-state index contributed by atoms with van der Waals surface area (Å²) in [6, 6.07) is 23.9. The molecule has 4 rings (SSSR count). The van der Waals surface area contributed by atoms with Gasteiger partial charge in [0.05, 0.1) is 18.4 Å². The average Bonchev–Trinajstić information content (AvgIpc) is 2.89. The van der Waals surface area contributed by atoms with E-state index in [4.69, 9.17) is 4.74 Å². The summed E-state index contributed by atoms with van der Waals surface area (Å²) < 4.78 is 5.28. The third kappa shape index (κ3) is 6.32. The van der Waals surface area contributed by atoms with Crippen LogP contribution in [0.25, 0.3) is 0 Å². The second kappa shape index (κ2) is 11.4. The minimum atomic E-state index is -0.319. The van der Waals surface area contributed by atoms with Crippen molar-refractivity contribution in [2.45, 2.75) is 6.42 Å². The quantitative estimate of drug-likeness (QED) is 0.285. The van der Waals surface area contributed by atoms with Gasteiger partial charge in [0, 0.05) is 35.7 Å². The van der Waals surface area contributed by atoms with Gasteiger partial charge in [-0.25, -0.2) is 9.97 Å². The number of carbonyl (C=O) groups is 2. The van der Waals surface area contributed by atoms with E-state index in [1.54, 1.807) is 13.2 Å². The molecule has 0 unspecified atom stereocenters. The lowest BCUT2D eigenvalue weighted by Crippen LogP contribution is -2.17. The summed E-state index contributed by atoms with van der Waals surface area (Å²) >= 11 is 0. The number of hydrogen-bond donors (Lipinski definition) is 3. The molecule has 1 aromatic heterocycles. The van der Waals surface area contributed by atoms with Crippen LogP contribution in [0, 0.1) is 0 Å². The molecule has 36 heavy (non-hydrogen) atoms. The molecule has 0 fully saturated rings. The Morgan fingerprint density at radius 3 is 2.44 bits per heavy atom. The summed E-state index contributed by atoms with van der Waals surface area (Å²) in [6.45, 7) is 3.48. The van der Waals surface area contributed by atoms with Gasteiger partial charge in [-0.3, -0.25) is 9.59 Å². The first-order chi connectivity index (χ1) is 17.5. The minimum Gasteiger partial charge on any atom is -0.497 e. The van der Waals surface area contributed by atoms with Gasteiger partial charge < -0.3 is 20.7 Å². The number of carbonyl (C=O) groups excluding carboxylic acids is 2. The van der Waals surface area contributed by atoms with Gasteiger partial charge in [0.1, 0.15) is 5.75 Å². The molecule has 3 aromatic carbocycles. The Morgan fingerprint density at radius 1 is 0.917 bits per heavy atom. The van der Waals surface area contributed by atoms with E-state index >= 15 is 0 Å². The van der Waals surface area contributed by atoms with Gasteiger partial charge in [0.25, 0.3) is 5.91 Å². The lowest BCUT2D eigenvalue weighted by atomic mass is 10.0. The van der Waals surface area contributed by atoms with E-state index in [-0.39, 0.29) is 11.8 Å². The van der Waals surface area contributed by atoms with E-state index < -0.39 is 0 Å². The van der Waals surface area contributed by atoms with Gasteiger partial charge in [0.15, 0.2) is 0 Å². The fourth-order valence-electron chi connectivity index (χ4n) is 3.50. The summed E-state index contributed by atoms with van der Waals surface area (Å²) in [6.07, 6.45) is 3.05. The van der Waals surface area contributed by atoms with Crippen molar-refractivity contribution < 1.29 is 14.3 Å². The number of para-hydroxylation sites is 1. The molecule has 0 atom stereocenters. The summed E-state index contributed by atoms with van der Waals surface area (Å²) in [5, 5.41) is 8.80. The van der Waals surface area contributed by atoms with Crippen LogP contribution < -0.4 is 20.7 Å². The van der Waals surface area contributed by atoms with Crippen LogP contribution in [0.15, 0.2) is 97.7 Å². The van der Waals surface area contributed by atoms with Gasteiger partial charge in [0.2, 0.25) is 11.9 Å². The lowest BCUT2D eigenvalue weighted by molar-refractivity contribution is -0.111. The number of hydrogen-bond acceptors (Lipinski definition) is 6. The highest BCUT2D eigenvalue weighted by Gasteiger charge is 2.16. The van der Waals surface area contributed by atoms with Crippen LogP contribution in [0.4, 0.5) is 23.0 Å². The zero-order valence-corrected chi connectivity index (χ0v) is 19.7. The fourth-order valence-corrected chi connectivity index (χ4v) is 3.50. The van der Waals surface area contributed by atoms with Crippen LogP contribution in [-0.2, 0) is 11.2 Å². The van der Waals surface area contributed by atoms with E-state index in [0.29, 0.717) is 40.8 Å². The highest BCUT2D eigenvalue weighted by Crippen LogP contribution is 2.22. The summed E-state index contributed by atoms with van der Waals surface area (Å²) in [4.78, 5) is 33.9. The molecule has 0 radical (unpaired) electrons. The molecule has 8 heteroatoms. The maximum atomic E-state index is 13.1. The van der Waals surface area contributed by atoms with Crippen molar-refractivity contribution in [2.24, 2.45) is 0 Å². The number of nitrogens with zero attached hydrogens (tertiary/aromatic N) is 2. The molecular formula is C28H25N5O3. The minimum absolute atomic E-state index is 0.304. The van der Waals surface area contributed by atoms with E-state index in [9.17, 15) is 9.59 Å². The van der Waals surface area contributed by atoms with Gasteiger partial charge in [-0.05, 0) is 48.0 Å². The number of methoxy groups -OCH3 is 1. The monoisotopic (exact) mass is 479 g/mol. The molecule has 8 nitrogen and oxygen atoms in total. The topological polar surface area (TPSA) is 105 Å². The largest absolute Gasteiger partial charge is 0.497 e. The molecule has 0 aliphatic heterocycles. The third-order valence-corrected chi connectivity index (χ3v) is 5.22. The molecule has 4 aromatic rings. The number of anilines is 4. The first-order valence-electron chi connectivity index (χ1n) is 11.2. The Labute approximate surface area is 209 Å². The Bertz CT molecular complexity index is 1390. The summed E-state index contributed by atoms with van der Waals surface area (Å²) in [7, 11) is 1.60. The summed E-state index contributed by atoms with van der Waals surface area (Å²) in [5.41, 5.74) is 3.76. The van der Waals surface area contributed by atoms with E-state index in [1.807, 2.05) is 72.8 Å². The molecule has 0 spiro atoms. The number of amides is 2. The highest BCUT2D eigenvalue weighted by molar-refractivity contribution is 6.05. The van der Waals surface area contributed by atoms with E-state index in [0.717, 1.165) is 11.3 Å². The van der Waals surface area contributed by atoms with Crippen LogP contribution in [0.1, 0.15) is 21.6 Å². The first-order valence-corrected chi connectivity index (χ1v) is 11.2. The lowest BCUT2D eigenvalue weighted by Gasteiger charge is -2.13. The zero-order chi connectivity index (χ0) is 25.3. The Morgan fingerprint density at radius 2 is 1.67 bits per heavy atom. The van der Waals surface area contributed by atoms with Gasteiger partial charge in [-0.15, -0.1) is 0 Å². The maximum absolute atomic E-state index is 13.1. The zero-order valence-electron chi connectivity index (χ0n) is 19.7. The van der Waals surface area contributed by atoms with Gasteiger partial charge >= 0.3 is 0 Å². The SMILES string of the molecule is C=CC(=O)Nc1cccc(Cc2nc(Nc3cccc(OC)c3)ncc2C(=O)Nc2ccccc2)c1. The van der Waals surface area contributed by atoms with E-state index in [2.05, 4.69) is 32.5 Å². The van der Waals surface area contributed by atoms with Gasteiger partial charge in [-0.2, -0.15) is 0 Å². The molecule has 1 heterocycles. The van der Waals surface area contributed by atoms with Crippen molar-refractivity contribution in [3.8, 4) is 5.75 Å². The molecule has 0 saturated carbocycles. The molecule has 0 aliphatic rings. The van der Waals surface area contributed by atoms with Crippen LogP contribution in [0.2, 0.25) is 0 Å². The molecule has 0 aliphatic carbocycles. The van der Waals surface area contributed by atoms with Crippen molar-refractivity contribution in [3.63, 3.8) is 0 Å². The van der Waals surface area contributed by atoms with Crippen LogP contribution >= 0.6 is 0 Å². The molecule has 2 amide bonds. The van der Waals surface area contributed by atoms with Crippen molar-refractivity contribution in [3.05, 3.63) is 115 Å². The Hall–Kier alpha value is -4.98. The first kappa shape index (κ1) is 24.2. The van der Waals surface area contributed by atoms with Crippen molar-refractivity contribution in [1.82, 2.24) is 9.97 Å². The van der Waals surface area contributed by atoms with E-state index in [1.165, 1.54) is 12.3 Å². The predicted octanol–water partition coefficient (Wildman–Crippen LogP) is 5.20. The van der Waals surface area contributed by atoms with Crippen molar-refractivity contribution >= 4 is 34.8 Å². The highest BCUT2D eigenvalue weighted by atomic mass is 16.5. The Kier molecular flexibility index (Phi) is 7.67. The number of benzene rings is 3. The van der Waals surface area contributed by atoms with Crippen LogP contribution in [0.3, 0.4) is 0 Å². The Balaban J connectivity index is 1.65. The molecule has 180 valence electrons. The molecule has 3 N–H and O–H groups in total. The smallest absolute Gasteiger partial charge is 0.259 e. The second-order valence-electron chi connectivity index (χ2n) is 7.80. The maximum Gasteiger partial charge on any atom is 0.259 e. The van der Waals surface area contributed by atoms with Crippen molar-refractivity contribution in [1.29, 1.82) is 0 Å². The average molecular weight is 480 g/mol. The number of nitrogens with one attached hydrogen (secondary N) is 3. The predicted molar refractivity (Wildman–Crippen MR) is 141 cm³/mol. The molecule has 0 bridgehead atoms. The summed E-state index contributed by atoms with van der Waals surface area (Å²) in [5.74, 6) is 0.408. The van der Waals surface area contributed by atoms with Gasteiger partial charge in [-0.1, -0.05) is 43.0 Å². The normalized spacial score (nSPS) is 10.2. The number of ether oxygens (including phenoxy) is 1. The molecule has 0 saturated heterocycles. The number of rotatable bonds is 9. The molecular weight excluding hydrogens is 454 g/mol. The van der Waals surface area contributed by atoms with Crippen LogP contribution in [-0.4, -0.2) is 28.9 Å². The number of aromatic nitrogens is 2. The van der Waals surface area contributed by atoms with Crippen molar-refractivity contribution in [2.75, 3.05) is 23.1 Å². The standard InChI is InChI=1S/C28H25N5O3/c1-3-26(34)30-21-12-7-9-19(15-21)16-25-24(27(35)31-20-10-5-4-6-11-20)18-29-28(33-25)32-22-13-8-14-23(17-22)36-2/h3-15,17-18H,1,16H2,2H3,(H,30,34)(H,31,35)(H,29,32,33).